The molecule has 25 heavy (non-hydrogen) atoms. The molecule has 0 unspecified atom stereocenters. The van der Waals surface area contributed by atoms with Gasteiger partial charge in [0.2, 0.25) is 0 Å². The van der Waals surface area contributed by atoms with Gasteiger partial charge in [-0.15, -0.1) is 0 Å². The van der Waals surface area contributed by atoms with Crippen molar-refractivity contribution in [3.8, 4) is 5.75 Å². The van der Waals surface area contributed by atoms with Crippen LogP contribution in [0.4, 0.5) is 0 Å². The Balaban J connectivity index is 1.38. The molecule has 136 valence electrons. The van der Waals surface area contributed by atoms with Crippen LogP contribution in [-0.4, -0.2) is 18.1 Å². The van der Waals surface area contributed by atoms with Gasteiger partial charge in [0.05, 0.1) is 0 Å². The quantitative estimate of drug-likeness (QED) is 0.857. The zero-order valence-corrected chi connectivity index (χ0v) is 15.8. The first kappa shape index (κ1) is 16.9. The van der Waals surface area contributed by atoms with Crippen LogP contribution in [0, 0.1) is 30.1 Å². The van der Waals surface area contributed by atoms with E-state index in [1.807, 2.05) is 38.1 Å². The number of carbonyl (C=O) groups excluding carboxylic acids is 1. The van der Waals surface area contributed by atoms with Crippen LogP contribution in [-0.2, 0) is 4.79 Å². The number of rotatable bonds is 5. The number of nitrogens with one attached hydrogen (secondary N) is 1. The molecule has 4 saturated carbocycles. The number of hydrogen-bond acceptors (Lipinski definition) is 2. The normalized spacial score (nSPS) is 35.2. The van der Waals surface area contributed by atoms with Gasteiger partial charge in [-0.3, -0.25) is 4.79 Å². The maximum Gasteiger partial charge on any atom is 0.261 e. The van der Waals surface area contributed by atoms with Crippen molar-refractivity contribution in [3.05, 3.63) is 29.8 Å². The van der Waals surface area contributed by atoms with Gasteiger partial charge >= 0.3 is 0 Å². The Morgan fingerprint density at radius 3 is 2.28 bits per heavy atom. The third kappa shape index (κ3) is 3.30. The summed E-state index contributed by atoms with van der Waals surface area (Å²) in [5.74, 6) is 3.51. The molecule has 5 rings (SSSR count). The van der Waals surface area contributed by atoms with Crippen LogP contribution in [0.25, 0.3) is 0 Å². The number of aryl methyl sites for hydroxylation is 1. The lowest BCUT2D eigenvalue weighted by Crippen LogP contribution is -2.57. The summed E-state index contributed by atoms with van der Waals surface area (Å²) >= 11 is 0. The maximum atomic E-state index is 12.7. The standard InChI is InChI=1S/C22H31NO2/c1-14-5-4-6-20(7-14)25-15(2)21(24)23-16(3)22-11-17-8-18(12-22)10-19(9-17)13-22/h4-7,15-19H,8-13H2,1-3H3,(H,23,24)/t15-,16+,17?,18?,19?,22?/m1/s1. The zero-order chi connectivity index (χ0) is 17.6. The van der Waals surface area contributed by atoms with Gasteiger partial charge in [-0.25, -0.2) is 0 Å². The highest BCUT2D eigenvalue weighted by Gasteiger charge is 2.53. The number of carbonyl (C=O) groups is 1. The van der Waals surface area contributed by atoms with Crippen molar-refractivity contribution in [2.45, 2.75) is 71.4 Å². The summed E-state index contributed by atoms with van der Waals surface area (Å²) in [7, 11) is 0. The summed E-state index contributed by atoms with van der Waals surface area (Å²) in [6.07, 6.45) is 7.79. The van der Waals surface area contributed by atoms with E-state index in [2.05, 4.69) is 12.2 Å². The van der Waals surface area contributed by atoms with Gasteiger partial charge in [0.1, 0.15) is 5.75 Å². The summed E-state index contributed by atoms with van der Waals surface area (Å²) in [6.45, 7) is 6.11. The molecule has 4 bridgehead atoms. The fourth-order valence-corrected chi connectivity index (χ4v) is 6.14. The molecule has 1 amide bonds. The molecule has 0 spiro atoms. The van der Waals surface area contributed by atoms with E-state index in [9.17, 15) is 4.79 Å². The van der Waals surface area contributed by atoms with Crippen LogP contribution < -0.4 is 10.1 Å². The monoisotopic (exact) mass is 341 g/mol. The van der Waals surface area contributed by atoms with Gasteiger partial charge in [-0.1, -0.05) is 12.1 Å². The molecule has 3 heteroatoms. The van der Waals surface area contributed by atoms with E-state index in [-0.39, 0.29) is 11.9 Å². The van der Waals surface area contributed by atoms with Crippen LogP contribution in [0.15, 0.2) is 24.3 Å². The van der Waals surface area contributed by atoms with E-state index in [0.717, 1.165) is 29.1 Å². The van der Waals surface area contributed by atoms with Crippen LogP contribution in [0.1, 0.15) is 57.9 Å². The predicted octanol–water partition coefficient (Wildman–Crippen LogP) is 4.48. The van der Waals surface area contributed by atoms with Crippen LogP contribution in [0.5, 0.6) is 5.75 Å². The summed E-state index contributed by atoms with van der Waals surface area (Å²) in [5, 5.41) is 3.31. The third-order valence-electron chi connectivity index (χ3n) is 7.03. The molecule has 3 nitrogen and oxygen atoms in total. The molecule has 0 heterocycles. The SMILES string of the molecule is Cc1cccc(O[C@H](C)C(=O)N[C@@H](C)C23CC4CC(CC(C4)C2)C3)c1. The second-order valence-electron chi connectivity index (χ2n) is 9.09. The minimum atomic E-state index is -0.460. The van der Waals surface area contributed by atoms with E-state index in [4.69, 9.17) is 4.74 Å². The molecule has 4 fully saturated rings. The average Bonchev–Trinajstić information content (AvgIpc) is 2.53. The highest BCUT2D eigenvalue weighted by atomic mass is 16.5. The Kier molecular flexibility index (Phi) is 4.29. The van der Waals surface area contributed by atoms with Crippen molar-refractivity contribution < 1.29 is 9.53 Å². The summed E-state index contributed by atoms with van der Waals surface area (Å²) < 4.78 is 5.86. The molecular weight excluding hydrogens is 310 g/mol. The minimum absolute atomic E-state index is 0.0183. The molecule has 1 aromatic rings. The third-order valence-corrected chi connectivity index (χ3v) is 7.03. The Morgan fingerprint density at radius 2 is 1.72 bits per heavy atom. The van der Waals surface area contributed by atoms with Crippen LogP contribution in [0.3, 0.4) is 0 Å². The Morgan fingerprint density at radius 1 is 1.12 bits per heavy atom. The molecule has 0 radical (unpaired) electrons. The Labute approximate surface area is 151 Å². The van der Waals surface area contributed by atoms with E-state index < -0.39 is 6.10 Å². The summed E-state index contributed by atoms with van der Waals surface area (Å²) in [6, 6.07) is 8.14. The number of hydrogen-bond donors (Lipinski definition) is 1. The van der Waals surface area contributed by atoms with Crippen LogP contribution in [0.2, 0.25) is 0 Å². The highest BCUT2D eigenvalue weighted by Crippen LogP contribution is 2.61. The first-order valence-electron chi connectivity index (χ1n) is 9.97. The van der Waals surface area contributed by atoms with Crippen LogP contribution >= 0.6 is 0 Å². The lowest BCUT2D eigenvalue weighted by atomic mass is 9.48. The molecule has 0 aromatic heterocycles. The van der Waals surface area contributed by atoms with Crippen molar-refractivity contribution in [1.82, 2.24) is 5.32 Å². The highest BCUT2D eigenvalue weighted by molar-refractivity contribution is 5.81. The lowest BCUT2D eigenvalue weighted by molar-refractivity contribution is -0.131. The fourth-order valence-electron chi connectivity index (χ4n) is 6.14. The Hall–Kier alpha value is -1.51. The number of ether oxygens (including phenoxy) is 1. The summed E-state index contributed by atoms with van der Waals surface area (Å²) in [5.41, 5.74) is 1.49. The molecule has 1 aromatic carbocycles. The molecule has 0 saturated heterocycles. The van der Waals surface area contributed by atoms with Gasteiger partial charge in [0.15, 0.2) is 6.10 Å². The predicted molar refractivity (Wildman–Crippen MR) is 99.5 cm³/mol. The van der Waals surface area contributed by atoms with Crippen molar-refractivity contribution in [2.24, 2.45) is 23.2 Å². The fraction of sp³-hybridized carbons (Fsp3) is 0.682. The van der Waals surface area contributed by atoms with Crippen molar-refractivity contribution in [3.63, 3.8) is 0 Å². The largest absolute Gasteiger partial charge is 0.481 e. The molecule has 4 aliphatic rings. The summed E-state index contributed by atoms with van der Waals surface area (Å²) in [4.78, 5) is 12.7. The first-order valence-corrected chi connectivity index (χ1v) is 9.97. The molecule has 1 N–H and O–H groups in total. The van der Waals surface area contributed by atoms with Crippen molar-refractivity contribution >= 4 is 5.91 Å². The Bertz CT molecular complexity index is 618. The molecule has 0 aliphatic heterocycles. The van der Waals surface area contributed by atoms with E-state index >= 15 is 0 Å². The van der Waals surface area contributed by atoms with E-state index in [1.165, 1.54) is 38.5 Å². The number of benzene rings is 1. The molecule has 4 aliphatic carbocycles. The smallest absolute Gasteiger partial charge is 0.261 e. The topological polar surface area (TPSA) is 38.3 Å². The second-order valence-corrected chi connectivity index (χ2v) is 9.09. The maximum absolute atomic E-state index is 12.7. The van der Waals surface area contributed by atoms with Crippen molar-refractivity contribution in [2.75, 3.05) is 0 Å². The first-order chi connectivity index (χ1) is 11.9. The van der Waals surface area contributed by atoms with Gasteiger partial charge < -0.3 is 10.1 Å². The zero-order valence-electron chi connectivity index (χ0n) is 15.8. The van der Waals surface area contributed by atoms with E-state index in [1.54, 1.807) is 0 Å². The van der Waals surface area contributed by atoms with Gasteiger partial charge in [-0.05, 0) is 100 Å². The average molecular weight is 341 g/mol. The van der Waals surface area contributed by atoms with Gasteiger partial charge in [0, 0.05) is 6.04 Å². The molecule has 2 atom stereocenters. The minimum Gasteiger partial charge on any atom is -0.481 e. The second kappa shape index (κ2) is 6.34. The molecular formula is C22H31NO2. The van der Waals surface area contributed by atoms with Crippen molar-refractivity contribution in [1.29, 1.82) is 0 Å². The lowest BCUT2D eigenvalue weighted by Gasteiger charge is -2.59. The number of amides is 1. The van der Waals surface area contributed by atoms with Gasteiger partial charge in [0.25, 0.3) is 5.91 Å². The van der Waals surface area contributed by atoms with Gasteiger partial charge in [-0.2, -0.15) is 0 Å². The van der Waals surface area contributed by atoms with E-state index in [0.29, 0.717) is 5.41 Å².